The van der Waals surface area contributed by atoms with Gasteiger partial charge < -0.3 is 9.73 Å². The predicted octanol–water partition coefficient (Wildman–Crippen LogP) is 2.89. The van der Waals surface area contributed by atoms with Gasteiger partial charge in [-0.15, -0.1) is 0 Å². The van der Waals surface area contributed by atoms with Crippen molar-refractivity contribution in [2.45, 2.75) is 30.7 Å². The van der Waals surface area contributed by atoms with Gasteiger partial charge in [-0.2, -0.15) is 0 Å². The second-order valence-corrected chi connectivity index (χ2v) is 7.73. The molecule has 0 aliphatic rings. The van der Waals surface area contributed by atoms with Crippen LogP contribution in [-0.2, 0) is 21.2 Å². The number of carbonyl (C=O) groups is 1. The molecule has 7 heteroatoms. The highest BCUT2D eigenvalue weighted by Gasteiger charge is 2.14. The number of sulfonamides is 1. The fourth-order valence-electron chi connectivity index (χ4n) is 2.70. The molecular formula is C19H20N2O4S. The smallest absolute Gasteiger partial charge is 0.238 e. The van der Waals surface area contributed by atoms with Crippen LogP contribution in [0.2, 0.25) is 0 Å². The number of primary sulfonamides is 1. The molecule has 0 spiro atoms. The number of nitrogens with one attached hydrogen (secondary N) is 1. The second-order valence-electron chi connectivity index (χ2n) is 6.16. The molecule has 1 amide bonds. The minimum atomic E-state index is -3.70. The maximum atomic E-state index is 12.2. The van der Waals surface area contributed by atoms with E-state index < -0.39 is 10.0 Å². The van der Waals surface area contributed by atoms with Crippen LogP contribution in [-0.4, -0.2) is 14.3 Å². The van der Waals surface area contributed by atoms with Crippen molar-refractivity contribution in [3.8, 4) is 0 Å². The molecular weight excluding hydrogens is 352 g/mol. The Morgan fingerprint density at radius 1 is 1.15 bits per heavy atom. The molecule has 136 valence electrons. The van der Waals surface area contributed by atoms with Crippen molar-refractivity contribution in [2.75, 3.05) is 0 Å². The Morgan fingerprint density at radius 2 is 1.85 bits per heavy atom. The van der Waals surface area contributed by atoms with Gasteiger partial charge in [-0.1, -0.05) is 30.3 Å². The van der Waals surface area contributed by atoms with E-state index in [9.17, 15) is 13.2 Å². The van der Waals surface area contributed by atoms with Gasteiger partial charge in [-0.25, -0.2) is 13.6 Å². The zero-order valence-corrected chi connectivity index (χ0v) is 15.1. The summed E-state index contributed by atoms with van der Waals surface area (Å²) in [5, 5.41) is 8.98. The van der Waals surface area contributed by atoms with Gasteiger partial charge in [0, 0.05) is 11.8 Å². The SMILES string of the molecule is C[C@@H](NC(=O)CCc1ccc(S(N)(=O)=O)cc1)c1cc2ccccc2o1. The summed E-state index contributed by atoms with van der Waals surface area (Å²) < 4.78 is 28.2. The molecule has 1 atom stereocenters. The molecule has 0 fully saturated rings. The van der Waals surface area contributed by atoms with Crippen molar-refractivity contribution >= 4 is 26.9 Å². The monoisotopic (exact) mass is 372 g/mol. The van der Waals surface area contributed by atoms with Gasteiger partial charge in [0.2, 0.25) is 15.9 Å². The number of nitrogens with two attached hydrogens (primary N) is 1. The van der Waals surface area contributed by atoms with E-state index in [0.29, 0.717) is 18.6 Å². The lowest BCUT2D eigenvalue weighted by molar-refractivity contribution is -0.121. The lowest BCUT2D eigenvalue weighted by Gasteiger charge is -2.11. The van der Waals surface area contributed by atoms with Crippen LogP contribution in [0.5, 0.6) is 0 Å². The average molecular weight is 372 g/mol. The third-order valence-electron chi connectivity index (χ3n) is 4.14. The Balaban J connectivity index is 1.56. The lowest BCUT2D eigenvalue weighted by atomic mass is 10.1. The van der Waals surface area contributed by atoms with Crippen LogP contribution in [0.4, 0.5) is 0 Å². The second kappa shape index (κ2) is 7.31. The molecule has 0 aliphatic carbocycles. The number of aryl methyl sites for hydroxylation is 1. The topological polar surface area (TPSA) is 102 Å². The molecule has 26 heavy (non-hydrogen) atoms. The van der Waals surface area contributed by atoms with E-state index in [1.165, 1.54) is 12.1 Å². The van der Waals surface area contributed by atoms with Gasteiger partial charge in [0.05, 0.1) is 10.9 Å². The van der Waals surface area contributed by atoms with Crippen LogP contribution >= 0.6 is 0 Å². The lowest BCUT2D eigenvalue weighted by Crippen LogP contribution is -2.26. The molecule has 0 saturated carbocycles. The Hall–Kier alpha value is -2.64. The Morgan fingerprint density at radius 3 is 2.50 bits per heavy atom. The molecule has 1 heterocycles. The van der Waals surface area contributed by atoms with Crippen molar-refractivity contribution in [3.63, 3.8) is 0 Å². The van der Waals surface area contributed by atoms with E-state index in [-0.39, 0.29) is 16.8 Å². The zero-order chi connectivity index (χ0) is 18.7. The van der Waals surface area contributed by atoms with Crippen molar-refractivity contribution in [2.24, 2.45) is 5.14 Å². The first-order valence-corrected chi connectivity index (χ1v) is 9.77. The van der Waals surface area contributed by atoms with Crippen LogP contribution < -0.4 is 10.5 Å². The Bertz CT molecular complexity index is 990. The molecule has 0 aliphatic heterocycles. The molecule has 2 aromatic carbocycles. The predicted molar refractivity (Wildman–Crippen MR) is 98.9 cm³/mol. The minimum absolute atomic E-state index is 0.0595. The number of rotatable bonds is 6. The average Bonchev–Trinajstić information content (AvgIpc) is 3.04. The van der Waals surface area contributed by atoms with Gasteiger partial charge in [0.1, 0.15) is 11.3 Å². The fraction of sp³-hybridized carbons (Fsp3) is 0.211. The van der Waals surface area contributed by atoms with E-state index in [4.69, 9.17) is 9.56 Å². The summed E-state index contributed by atoms with van der Waals surface area (Å²) in [5.41, 5.74) is 1.66. The summed E-state index contributed by atoms with van der Waals surface area (Å²) in [6.07, 6.45) is 0.795. The standard InChI is InChI=1S/C19H20N2O4S/c1-13(18-12-15-4-2-3-5-17(15)25-18)21-19(22)11-8-14-6-9-16(10-7-14)26(20,23)24/h2-7,9-10,12-13H,8,11H2,1H3,(H,21,22)(H2,20,23,24)/t13-/m1/s1. The van der Waals surface area contributed by atoms with Crippen LogP contribution in [0.25, 0.3) is 11.0 Å². The summed E-state index contributed by atoms with van der Waals surface area (Å²) in [6.45, 7) is 1.87. The van der Waals surface area contributed by atoms with E-state index >= 15 is 0 Å². The maximum Gasteiger partial charge on any atom is 0.238 e. The highest BCUT2D eigenvalue weighted by Crippen LogP contribution is 2.23. The summed E-state index contributed by atoms with van der Waals surface area (Å²) in [7, 11) is -3.70. The molecule has 3 aromatic rings. The molecule has 3 rings (SSSR count). The van der Waals surface area contributed by atoms with Gasteiger partial charge in [0.25, 0.3) is 0 Å². The molecule has 1 aromatic heterocycles. The Labute approximate surface area is 152 Å². The third-order valence-corrected chi connectivity index (χ3v) is 5.07. The van der Waals surface area contributed by atoms with Crippen LogP contribution in [0, 0.1) is 0 Å². The van der Waals surface area contributed by atoms with Crippen molar-refractivity contribution in [1.82, 2.24) is 5.32 Å². The molecule has 3 N–H and O–H groups in total. The highest BCUT2D eigenvalue weighted by atomic mass is 32.2. The summed E-state index contributed by atoms with van der Waals surface area (Å²) in [5.74, 6) is 0.602. The van der Waals surface area contributed by atoms with Crippen LogP contribution in [0.3, 0.4) is 0 Å². The Kier molecular flexibility index (Phi) is 5.11. The quantitative estimate of drug-likeness (QED) is 0.694. The largest absolute Gasteiger partial charge is 0.459 e. The van der Waals surface area contributed by atoms with Gasteiger partial charge in [-0.3, -0.25) is 4.79 Å². The fourth-order valence-corrected chi connectivity index (χ4v) is 3.22. The number of carbonyl (C=O) groups excluding carboxylic acids is 1. The van der Waals surface area contributed by atoms with Crippen molar-refractivity contribution < 1.29 is 17.6 Å². The van der Waals surface area contributed by atoms with E-state index in [1.807, 2.05) is 37.3 Å². The highest BCUT2D eigenvalue weighted by molar-refractivity contribution is 7.89. The van der Waals surface area contributed by atoms with Gasteiger partial charge in [0.15, 0.2) is 0 Å². The van der Waals surface area contributed by atoms with Crippen molar-refractivity contribution in [3.05, 3.63) is 65.9 Å². The molecule has 0 saturated heterocycles. The number of furan rings is 1. The number of benzene rings is 2. The normalized spacial score (nSPS) is 12.8. The molecule has 0 bridgehead atoms. The zero-order valence-electron chi connectivity index (χ0n) is 14.3. The summed E-state index contributed by atoms with van der Waals surface area (Å²) >= 11 is 0. The third kappa shape index (κ3) is 4.30. The molecule has 6 nitrogen and oxygen atoms in total. The van der Waals surface area contributed by atoms with Crippen LogP contribution in [0.1, 0.15) is 30.7 Å². The van der Waals surface area contributed by atoms with E-state index in [0.717, 1.165) is 16.5 Å². The maximum absolute atomic E-state index is 12.2. The van der Waals surface area contributed by atoms with Crippen molar-refractivity contribution in [1.29, 1.82) is 0 Å². The van der Waals surface area contributed by atoms with E-state index in [2.05, 4.69) is 5.32 Å². The summed E-state index contributed by atoms with van der Waals surface area (Å²) in [6, 6.07) is 15.6. The first-order chi connectivity index (χ1) is 12.3. The number of hydrogen-bond donors (Lipinski definition) is 2. The first-order valence-electron chi connectivity index (χ1n) is 8.22. The van der Waals surface area contributed by atoms with Gasteiger partial charge in [-0.05, 0) is 43.2 Å². The first kappa shape index (κ1) is 18.2. The summed E-state index contributed by atoms with van der Waals surface area (Å²) in [4.78, 5) is 12.2. The number of hydrogen-bond acceptors (Lipinski definition) is 4. The number of para-hydroxylation sites is 1. The number of fused-ring (bicyclic) bond motifs is 1. The minimum Gasteiger partial charge on any atom is -0.459 e. The van der Waals surface area contributed by atoms with Crippen LogP contribution in [0.15, 0.2) is 63.9 Å². The molecule has 0 unspecified atom stereocenters. The van der Waals surface area contributed by atoms with E-state index in [1.54, 1.807) is 12.1 Å². The number of amides is 1. The molecule has 0 radical (unpaired) electrons. The van der Waals surface area contributed by atoms with Gasteiger partial charge >= 0.3 is 0 Å².